The van der Waals surface area contributed by atoms with Crippen LogP contribution in [0.3, 0.4) is 0 Å². The first-order valence-electron chi connectivity index (χ1n) is 10.6. The molecule has 0 saturated heterocycles. The van der Waals surface area contributed by atoms with E-state index in [-0.39, 0.29) is 24.0 Å². The van der Waals surface area contributed by atoms with Gasteiger partial charge in [0.2, 0.25) is 5.91 Å². The number of rotatable bonds is 8. The van der Waals surface area contributed by atoms with Gasteiger partial charge in [-0.05, 0) is 80.2 Å². The molecule has 2 aromatic carbocycles. The summed E-state index contributed by atoms with van der Waals surface area (Å²) in [6.45, 7) is 11.8. The second-order valence-electron chi connectivity index (χ2n) is 8.83. The van der Waals surface area contributed by atoms with Crippen LogP contribution in [0.25, 0.3) is 0 Å². The summed E-state index contributed by atoms with van der Waals surface area (Å²) in [5.74, 6) is 0.166. The van der Waals surface area contributed by atoms with Crippen molar-refractivity contribution in [2.24, 2.45) is 0 Å². The summed E-state index contributed by atoms with van der Waals surface area (Å²) >= 11 is 3.51. The van der Waals surface area contributed by atoms with E-state index in [4.69, 9.17) is 4.74 Å². The molecule has 0 bridgehead atoms. The molecule has 0 radical (unpaired) electrons. The van der Waals surface area contributed by atoms with Gasteiger partial charge < -0.3 is 15.0 Å². The van der Waals surface area contributed by atoms with Crippen molar-refractivity contribution in [3.8, 4) is 5.75 Å². The van der Waals surface area contributed by atoms with Gasteiger partial charge in [-0.2, -0.15) is 0 Å². The number of aryl methyl sites for hydroxylation is 2. The van der Waals surface area contributed by atoms with E-state index in [9.17, 15) is 9.59 Å². The Hall–Kier alpha value is -2.34. The van der Waals surface area contributed by atoms with Crippen LogP contribution in [0.4, 0.5) is 0 Å². The Morgan fingerprint density at radius 2 is 1.84 bits per heavy atom. The highest BCUT2D eigenvalue weighted by Gasteiger charge is 2.28. The summed E-state index contributed by atoms with van der Waals surface area (Å²) in [7, 11) is 0. The maximum absolute atomic E-state index is 13.2. The third kappa shape index (κ3) is 7.69. The first kappa shape index (κ1) is 24.9. The summed E-state index contributed by atoms with van der Waals surface area (Å²) in [5.41, 5.74) is 2.87. The molecule has 0 spiro atoms. The van der Waals surface area contributed by atoms with Gasteiger partial charge in [0.15, 0.2) is 6.61 Å². The van der Waals surface area contributed by atoms with E-state index in [2.05, 4.69) is 28.2 Å². The van der Waals surface area contributed by atoms with Crippen molar-refractivity contribution in [1.82, 2.24) is 10.2 Å². The van der Waals surface area contributed by atoms with Crippen LogP contribution in [0, 0.1) is 6.92 Å². The lowest BCUT2D eigenvalue weighted by atomic mass is 10.1. The van der Waals surface area contributed by atoms with Gasteiger partial charge >= 0.3 is 0 Å². The second-order valence-corrected chi connectivity index (χ2v) is 9.69. The van der Waals surface area contributed by atoms with Crippen molar-refractivity contribution in [3.63, 3.8) is 0 Å². The fraction of sp³-hybridized carbons (Fsp3) is 0.440. The molecule has 0 aliphatic carbocycles. The summed E-state index contributed by atoms with van der Waals surface area (Å²) < 4.78 is 6.61. The zero-order valence-electron chi connectivity index (χ0n) is 19.3. The van der Waals surface area contributed by atoms with E-state index in [1.54, 1.807) is 11.8 Å². The topological polar surface area (TPSA) is 58.6 Å². The molecule has 6 heteroatoms. The van der Waals surface area contributed by atoms with Crippen LogP contribution < -0.4 is 10.1 Å². The van der Waals surface area contributed by atoms with Crippen LogP contribution in [0.1, 0.15) is 51.3 Å². The molecule has 31 heavy (non-hydrogen) atoms. The number of nitrogens with one attached hydrogen (secondary N) is 1. The molecule has 0 aromatic heterocycles. The normalized spacial score (nSPS) is 12.2. The number of carbonyl (C=O) groups is 2. The quantitative estimate of drug-likeness (QED) is 0.566. The molecular weight excluding hydrogens is 456 g/mol. The van der Waals surface area contributed by atoms with Crippen molar-refractivity contribution in [2.75, 3.05) is 6.61 Å². The molecule has 0 aliphatic heterocycles. The Labute approximate surface area is 194 Å². The minimum atomic E-state index is -0.637. The summed E-state index contributed by atoms with van der Waals surface area (Å²) in [6, 6.07) is 13.1. The highest BCUT2D eigenvalue weighted by Crippen LogP contribution is 2.26. The SMILES string of the molecule is CCc1ccc(OCC(=O)N(Cc2cccc(C)c2)C(C)C(=O)NC(C)(C)C)c(Br)c1. The molecule has 0 aliphatic rings. The van der Waals surface area contributed by atoms with Gasteiger partial charge in [0.25, 0.3) is 5.91 Å². The fourth-order valence-corrected chi connectivity index (χ4v) is 3.71. The smallest absolute Gasteiger partial charge is 0.261 e. The first-order valence-corrected chi connectivity index (χ1v) is 11.4. The lowest BCUT2D eigenvalue weighted by Crippen LogP contribution is -2.53. The summed E-state index contributed by atoms with van der Waals surface area (Å²) in [4.78, 5) is 27.5. The predicted molar refractivity (Wildman–Crippen MR) is 128 cm³/mol. The van der Waals surface area contributed by atoms with Crippen molar-refractivity contribution >= 4 is 27.7 Å². The molecule has 1 unspecified atom stereocenters. The highest BCUT2D eigenvalue weighted by molar-refractivity contribution is 9.10. The number of hydrogen-bond donors (Lipinski definition) is 1. The standard InChI is InChI=1S/C25H33BrN2O3/c1-7-19-11-12-22(21(26)14-19)31-16-23(29)28(15-20-10-8-9-17(2)13-20)18(3)24(30)27-25(4,5)6/h8-14,18H,7,15-16H2,1-6H3,(H,27,30). The second kappa shape index (κ2) is 10.8. The van der Waals surface area contributed by atoms with Crippen molar-refractivity contribution in [1.29, 1.82) is 0 Å². The Morgan fingerprint density at radius 3 is 2.42 bits per heavy atom. The Bertz CT molecular complexity index is 921. The number of hydrogen-bond acceptors (Lipinski definition) is 3. The van der Waals surface area contributed by atoms with Gasteiger partial charge in [-0.1, -0.05) is 42.8 Å². The molecule has 168 valence electrons. The zero-order chi connectivity index (χ0) is 23.2. The largest absolute Gasteiger partial charge is 0.483 e. The van der Waals surface area contributed by atoms with Crippen molar-refractivity contribution in [2.45, 2.75) is 66.1 Å². The number of ether oxygens (including phenoxy) is 1. The van der Waals surface area contributed by atoms with Crippen LogP contribution >= 0.6 is 15.9 Å². The fourth-order valence-electron chi connectivity index (χ4n) is 3.17. The Balaban J connectivity index is 2.19. The maximum atomic E-state index is 13.2. The molecule has 2 rings (SSSR count). The lowest BCUT2D eigenvalue weighted by Gasteiger charge is -2.31. The number of carbonyl (C=O) groups excluding carboxylic acids is 2. The van der Waals surface area contributed by atoms with Gasteiger partial charge in [-0.3, -0.25) is 9.59 Å². The molecule has 0 heterocycles. The molecule has 1 N–H and O–H groups in total. The van der Waals surface area contributed by atoms with Crippen molar-refractivity contribution in [3.05, 3.63) is 63.6 Å². The molecule has 5 nitrogen and oxygen atoms in total. The lowest BCUT2D eigenvalue weighted by molar-refractivity contribution is -0.142. The van der Waals surface area contributed by atoms with Crippen LogP contribution in [0.15, 0.2) is 46.9 Å². The van der Waals surface area contributed by atoms with Gasteiger partial charge in [-0.25, -0.2) is 0 Å². The summed E-state index contributed by atoms with van der Waals surface area (Å²) in [6.07, 6.45) is 0.919. The minimum absolute atomic E-state index is 0.150. The molecule has 2 amide bonds. The molecule has 1 atom stereocenters. The van der Waals surface area contributed by atoms with Gasteiger partial charge in [-0.15, -0.1) is 0 Å². The van der Waals surface area contributed by atoms with Gasteiger partial charge in [0.05, 0.1) is 4.47 Å². The van der Waals surface area contributed by atoms with Crippen molar-refractivity contribution < 1.29 is 14.3 Å². The number of benzene rings is 2. The van der Waals surface area contributed by atoms with Crippen LogP contribution in [-0.4, -0.2) is 34.9 Å². The Morgan fingerprint density at radius 1 is 1.13 bits per heavy atom. The molecule has 0 saturated carbocycles. The predicted octanol–water partition coefficient (Wildman–Crippen LogP) is 5.03. The van der Waals surface area contributed by atoms with E-state index >= 15 is 0 Å². The number of nitrogens with zero attached hydrogens (tertiary/aromatic N) is 1. The third-order valence-electron chi connectivity index (χ3n) is 4.86. The van der Waals surface area contributed by atoms with E-state index in [0.29, 0.717) is 12.3 Å². The van der Waals surface area contributed by atoms with E-state index in [1.165, 1.54) is 5.56 Å². The van der Waals surface area contributed by atoms with Crippen LogP contribution in [0.5, 0.6) is 5.75 Å². The monoisotopic (exact) mass is 488 g/mol. The van der Waals surface area contributed by atoms with Crippen LogP contribution in [-0.2, 0) is 22.6 Å². The molecular formula is C25H33BrN2O3. The maximum Gasteiger partial charge on any atom is 0.261 e. The molecule has 2 aromatic rings. The Kier molecular flexibility index (Phi) is 8.69. The first-order chi connectivity index (χ1) is 14.5. The highest BCUT2D eigenvalue weighted by atomic mass is 79.9. The van der Waals surface area contributed by atoms with Gasteiger partial charge in [0, 0.05) is 12.1 Å². The number of amides is 2. The van der Waals surface area contributed by atoms with E-state index in [1.807, 2.05) is 70.2 Å². The van der Waals surface area contributed by atoms with E-state index in [0.717, 1.165) is 22.0 Å². The minimum Gasteiger partial charge on any atom is -0.483 e. The average molecular weight is 489 g/mol. The third-order valence-corrected chi connectivity index (χ3v) is 5.48. The summed E-state index contributed by atoms with van der Waals surface area (Å²) in [5, 5.41) is 2.97. The number of halogens is 1. The van der Waals surface area contributed by atoms with Crippen LogP contribution in [0.2, 0.25) is 0 Å². The zero-order valence-corrected chi connectivity index (χ0v) is 20.9. The van der Waals surface area contributed by atoms with Gasteiger partial charge in [0.1, 0.15) is 11.8 Å². The molecule has 0 fully saturated rings. The van der Waals surface area contributed by atoms with E-state index < -0.39 is 6.04 Å². The average Bonchev–Trinajstić information content (AvgIpc) is 2.69.